The first-order chi connectivity index (χ1) is 8.02. The monoisotopic (exact) mass is 240 g/mol. The number of rotatable bonds is 4. The summed E-state index contributed by atoms with van der Waals surface area (Å²) in [4.78, 5) is 24.1. The number of carbonyl (C=O) groups excluding carboxylic acids is 1. The van der Waals surface area contributed by atoms with Gasteiger partial charge in [-0.3, -0.25) is 4.79 Å². The molecule has 2 N–H and O–H groups in total. The van der Waals surface area contributed by atoms with Crippen molar-refractivity contribution in [3.8, 4) is 0 Å². The third-order valence-corrected chi connectivity index (χ3v) is 2.97. The lowest BCUT2D eigenvalue weighted by molar-refractivity contribution is -0.138. The second kappa shape index (κ2) is 6.27. The Kier molecular flexibility index (Phi) is 5.00. The van der Waals surface area contributed by atoms with Gasteiger partial charge in [-0.1, -0.05) is 6.08 Å². The van der Waals surface area contributed by atoms with Crippen molar-refractivity contribution in [2.45, 2.75) is 32.2 Å². The molecule has 0 aliphatic carbocycles. The van der Waals surface area contributed by atoms with E-state index in [1.807, 2.05) is 6.92 Å². The van der Waals surface area contributed by atoms with Gasteiger partial charge in [0.25, 0.3) is 0 Å². The summed E-state index contributed by atoms with van der Waals surface area (Å²) in [5.41, 5.74) is 0. The fraction of sp³-hybridized carbons (Fsp3) is 0.667. The smallest absolute Gasteiger partial charge is 0.317 e. The molecule has 0 aromatic rings. The van der Waals surface area contributed by atoms with E-state index in [9.17, 15) is 9.59 Å². The molecule has 0 aromatic heterocycles. The molecule has 17 heavy (non-hydrogen) atoms. The molecule has 2 amide bonds. The SMILES string of the molecule is C=CC(C)NC(=O)N1CCCC(CC(=O)O)C1. The molecule has 2 atom stereocenters. The summed E-state index contributed by atoms with van der Waals surface area (Å²) in [5.74, 6) is -0.720. The Labute approximate surface area is 101 Å². The number of carboxylic acid groups (broad SMARTS) is 1. The summed E-state index contributed by atoms with van der Waals surface area (Å²) < 4.78 is 0. The Bertz CT molecular complexity index is 304. The van der Waals surface area contributed by atoms with Gasteiger partial charge in [0.2, 0.25) is 0 Å². The normalized spacial score (nSPS) is 21.7. The van der Waals surface area contributed by atoms with Crippen molar-refractivity contribution in [2.75, 3.05) is 13.1 Å². The maximum absolute atomic E-state index is 11.8. The lowest BCUT2D eigenvalue weighted by Crippen LogP contribution is -2.47. The van der Waals surface area contributed by atoms with Gasteiger partial charge in [-0.15, -0.1) is 6.58 Å². The van der Waals surface area contributed by atoms with E-state index >= 15 is 0 Å². The van der Waals surface area contributed by atoms with Crippen molar-refractivity contribution >= 4 is 12.0 Å². The van der Waals surface area contributed by atoms with Crippen LogP contribution in [0.25, 0.3) is 0 Å². The van der Waals surface area contributed by atoms with Crippen molar-refractivity contribution in [3.63, 3.8) is 0 Å². The molecule has 5 nitrogen and oxygen atoms in total. The number of aliphatic carboxylic acids is 1. The molecule has 96 valence electrons. The van der Waals surface area contributed by atoms with Crippen molar-refractivity contribution in [2.24, 2.45) is 5.92 Å². The summed E-state index contributed by atoms with van der Waals surface area (Å²) in [6.07, 6.45) is 3.55. The first kappa shape index (κ1) is 13.5. The van der Waals surface area contributed by atoms with Crippen molar-refractivity contribution < 1.29 is 14.7 Å². The zero-order valence-corrected chi connectivity index (χ0v) is 10.2. The molecule has 0 aromatic carbocycles. The van der Waals surface area contributed by atoms with Crippen LogP contribution in [0, 0.1) is 5.92 Å². The van der Waals surface area contributed by atoms with Gasteiger partial charge < -0.3 is 15.3 Å². The predicted molar refractivity (Wildman–Crippen MR) is 64.7 cm³/mol. The second-order valence-electron chi connectivity index (χ2n) is 4.53. The second-order valence-corrected chi connectivity index (χ2v) is 4.53. The number of amides is 2. The minimum atomic E-state index is -0.795. The standard InChI is InChI=1S/C12H20N2O3/c1-3-9(2)13-12(17)14-6-4-5-10(8-14)7-11(15)16/h3,9-10H,1,4-8H2,2H3,(H,13,17)(H,15,16). The number of carbonyl (C=O) groups is 2. The Balaban J connectivity index is 2.45. The highest BCUT2D eigenvalue weighted by molar-refractivity contribution is 5.75. The van der Waals surface area contributed by atoms with Crippen molar-refractivity contribution in [3.05, 3.63) is 12.7 Å². The highest BCUT2D eigenvalue weighted by Gasteiger charge is 2.25. The molecule has 1 heterocycles. The molecule has 5 heteroatoms. The molecule has 1 fully saturated rings. The van der Waals surface area contributed by atoms with Crippen LogP contribution in [0.5, 0.6) is 0 Å². The van der Waals surface area contributed by atoms with E-state index in [4.69, 9.17) is 5.11 Å². The molecule has 1 saturated heterocycles. The summed E-state index contributed by atoms with van der Waals surface area (Å²) in [7, 11) is 0. The first-order valence-electron chi connectivity index (χ1n) is 5.92. The number of urea groups is 1. The molecule has 1 aliphatic heterocycles. The Morgan fingerprint density at radius 1 is 1.65 bits per heavy atom. The van der Waals surface area contributed by atoms with Gasteiger partial charge >= 0.3 is 12.0 Å². The van der Waals surface area contributed by atoms with Crippen LogP contribution in [-0.2, 0) is 4.79 Å². The molecule has 1 aliphatic rings. The maximum atomic E-state index is 11.8. The zero-order chi connectivity index (χ0) is 12.8. The fourth-order valence-corrected chi connectivity index (χ4v) is 2.01. The average Bonchev–Trinajstić information content (AvgIpc) is 2.28. The molecule has 0 spiro atoms. The first-order valence-corrected chi connectivity index (χ1v) is 5.92. The summed E-state index contributed by atoms with van der Waals surface area (Å²) >= 11 is 0. The van der Waals surface area contributed by atoms with E-state index in [1.165, 1.54) is 0 Å². The van der Waals surface area contributed by atoms with Crippen LogP contribution in [-0.4, -0.2) is 41.1 Å². The highest BCUT2D eigenvalue weighted by atomic mass is 16.4. The average molecular weight is 240 g/mol. The van der Waals surface area contributed by atoms with Crippen molar-refractivity contribution in [1.82, 2.24) is 10.2 Å². The number of nitrogens with one attached hydrogen (secondary N) is 1. The van der Waals surface area contributed by atoms with Gasteiger partial charge in [0, 0.05) is 25.6 Å². The minimum Gasteiger partial charge on any atom is -0.481 e. The Morgan fingerprint density at radius 3 is 2.94 bits per heavy atom. The molecule has 2 unspecified atom stereocenters. The van der Waals surface area contributed by atoms with E-state index < -0.39 is 5.97 Å². The molecule has 0 radical (unpaired) electrons. The number of likely N-dealkylation sites (tertiary alicyclic amines) is 1. The number of carboxylic acids is 1. The largest absolute Gasteiger partial charge is 0.481 e. The summed E-state index contributed by atoms with van der Waals surface area (Å²) in [6, 6.07) is -0.199. The third kappa shape index (κ3) is 4.46. The fourth-order valence-electron chi connectivity index (χ4n) is 2.01. The lowest BCUT2D eigenvalue weighted by atomic mass is 9.95. The third-order valence-electron chi connectivity index (χ3n) is 2.97. The molecule has 0 bridgehead atoms. The van der Waals surface area contributed by atoms with Crippen molar-refractivity contribution in [1.29, 1.82) is 0 Å². The van der Waals surface area contributed by atoms with Crippen LogP contribution in [0.3, 0.4) is 0 Å². The maximum Gasteiger partial charge on any atom is 0.317 e. The topological polar surface area (TPSA) is 69.6 Å². The van der Waals surface area contributed by atoms with Gasteiger partial charge in [0.05, 0.1) is 0 Å². The zero-order valence-electron chi connectivity index (χ0n) is 10.2. The molecule has 1 rings (SSSR count). The van der Waals surface area contributed by atoms with Crippen LogP contribution in [0.4, 0.5) is 4.79 Å². The van der Waals surface area contributed by atoms with Crippen LogP contribution in [0.2, 0.25) is 0 Å². The number of piperidine rings is 1. The van der Waals surface area contributed by atoms with Gasteiger partial charge in [-0.05, 0) is 25.7 Å². The molecule has 0 saturated carbocycles. The minimum absolute atomic E-state index is 0.0673. The van der Waals surface area contributed by atoms with Gasteiger partial charge in [0.1, 0.15) is 0 Å². The van der Waals surface area contributed by atoms with Crippen LogP contribution in [0.15, 0.2) is 12.7 Å². The van der Waals surface area contributed by atoms with Crippen LogP contribution in [0.1, 0.15) is 26.2 Å². The van der Waals surface area contributed by atoms with E-state index in [-0.39, 0.29) is 24.4 Å². The van der Waals surface area contributed by atoms with Crippen LogP contribution >= 0.6 is 0 Å². The van der Waals surface area contributed by atoms with E-state index in [0.29, 0.717) is 13.1 Å². The van der Waals surface area contributed by atoms with Gasteiger partial charge in [-0.2, -0.15) is 0 Å². The quantitative estimate of drug-likeness (QED) is 0.731. The molecular weight excluding hydrogens is 220 g/mol. The molecular formula is C12H20N2O3. The lowest BCUT2D eigenvalue weighted by Gasteiger charge is -2.32. The van der Waals surface area contributed by atoms with Gasteiger partial charge in [-0.25, -0.2) is 4.79 Å². The number of nitrogens with zero attached hydrogens (tertiary/aromatic N) is 1. The van der Waals surface area contributed by atoms with Gasteiger partial charge in [0.15, 0.2) is 0 Å². The predicted octanol–water partition coefficient (Wildman–Crippen LogP) is 1.46. The van der Waals surface area contributed by atoms with E-state index in [1.54, 1.807) is 11.0 Å². The van der Waals surface area contributed by atoms with Crippen LogP contribution < -0.4 is 5.32 Å². The number of hydrogen-bond donors (Lipinski definition) is 2. The van der Waals surface area contributed by atoms with E-state index in [2.05, 4.69) is 11.9 Å². The summed E-state index contributed by atoms with van der Waals surface area (Å²) in [5, 5.41) is 11.5. The van der Waals surface area contributed by atoms with E-state index in [0.717, 1.165) is 12.8 Å². The Hall–Kier alpha value is -1.52. The Morgan fingerprint density at radius 2 is 2.35 bits per heavy atom. The summed E-state index contributed by atoms with van der Waals surface area (Å²) in [6.45, 7) is 6.68. The highest BCUT2D eigenvalue weighted by Crippen LogP contribution is 2.19. The number of hydrogen-bond acceptors (Lipinski definition) is 2.